The predicted octanol–water partition coefficient (Wildman–Crippen LogP) is 5.52. The van der Waals surface area contributed by atoms with E-state index in [1.54, 1.807) is 30.3 Å². The minimum absolute atomic E-state index is 0.280. The molecule has 0 bridgehead atoms. The number of benzene rings is 4. The number of para-hydroxylation sites is 1. The van der Waals surface area contributed by atoms with Crippen LogP contribution in [0.5, 0.6) is 0 Å². The van der Waals surface area contributed by atoms with Crippen molar-refractivity contribution in [3.05, 3.63) is 108 Å². The lowest BCUT2D eigenvalue weighted by atomic mass is 9.88. The molecule has 0 spiro atoms. The Labute approximate surface area is 224 Å². The molecule has 7 rings (SSSR count). The van der Waals surface area contributed by atoms with Crippen LogP contribution < -0.4 is 15.1 Å². The van der Waals surface area contributed by atoms with E-state index < -0.39 is 23.9 Å². The monoisotopic (exact) mass is 519 g/mol. The fourth-order valence-corrected chi connectivity index (χ4v) is 6.33. The zero-order valence-corrected chi connectivity index (χ0v) is 20.9. The summed E-state index contributed by atoms with van der Waals surface area (Å²) in [7, 11) is 0. The Balaban J connectivity index is 1.34. The highest BCUT2D eigenvalue weighted by Gasteiger charge is 2.64. The van der Waals surface area contributed by atoms with Crippen molar-refractivity contribution in [1.82, 2.24) is 0 Å². The van der Waals surface area contributed by atoms with Crippen LogP contribution in [0.3, 0.4) is 0 Å². The van der Waals surface area contributed by atoms with Crippen molar-refractivity contribution in [3.8, 4) is 0 Å². The third kappa shape index (κ3) is 3.30. The molecule has 0 radical (unpaired) electrons. The van der Waals surface area contributed by atoms with Gasteiger partial charge in [-0.15, -0.1) is 0 Å². The van der Waals surface area contributed by atoms with E-state index in [-0.39, 0.29) is 17.7 Å². The number of rotatable bonds is 3. The van der Waals surface area contributed by atoms with Crippen LogP contribution in [0.1, 0.15) is 5.56 Å². The van der Waals surface area contributed by atoms with Crippen molar-refractivity contribution in [2.75, 3.05) is 15.1 Å². The zero-order valence-electron chi connectivity index (χ0n) is 20.1. The number of carbonyl (C=O) groups is 3. The molecule has 0 aliphatic carbocycles. The van der Waals surface area contributed by atoms with E-state index in [1.165, 1.54) is 4.90 Å². The number of amides is 3. The van der Waals surface area contributed by atoms with Crippen molar-refractivity contribution < 1.29 is 14.4 Å². The summed E-state index contributed by atoms with van der Waals surface area (Å²) in [6, 6.07) is 26.6. The van der Waals surface area contributed by atoms with Crippen LogP contribution in [0.4, 0.5) is 17.1 Å². The highest BCUT2D eigenvalue weighted by Crippen LogP contribution is 2.50. The summed E-state index contributed by atoms with van der Waals surface area (Å²) in [6.45, 7) is 0. The van der Waals surface area contributed by atoms with E-state index in [9.17, 15) is 14.4 Å². The Morgan fingerprint density at radius 2 is 1.45 bits per heavy atom. The van der Waals surface area contributed by atoms with Gasteiger partial charge in [0.15, 0.2) is 0 Å². The highest BCUT2D eigenvalue weighted by molar-refractivity contribution is 6.30. The summed E-state index contributed by atoms with van der Waals surface area (Å²) >= 11 is 6.03. The van der Waals surface area contributed by atoms with Crippen LogP contribution in [0, 0.1) is 11.8 Å². The minimum atomic E-state index is -0.872. The third-order valence-corrected chi connectivity index (χ3v) is 8.05. The van der Waals surface area contributed by atoms with E-state index in [0.29, 0.717) is 16.4 Å². The Kier molecular flexibility index (Phi) is 5.13. The molecular weight excluding hydrogens is 498 g/mol. The first kappa shape index (κ1) is 22.8. The van der Waals surface area contributed by atoms with Gasteiger partial charge in [-0.05, 0) is 47.3 Å². The van der Waals surface area contributed by atoms with Crippen LogP contribution >= 0.6 is 11.6 Å². The fraction of sp³-hybridized carbons (Fsp3) is 0.129. The van der Waals surface area contributed by atoms with Crippen LogP contribution in [-0.4, -0.2) is 29.8 Å². The van der Waals surface area contributed by atoms with Gasteiger partial charge >= 0.3 is 0 Å². The van der Waals surface area contributed by atoms with E-state index in [1.807, 2.05) is 77.7 Å². The topological polar surface area (TPSA) is 69.7 Å². The maximum Gasteiger partial charge on any atom is 0.247 e. The van der Waals surface area contributed by atoms with Gasteiger partial charge in [0, 0.05) is 21.8 Å². The quantitative estimate of drug-likeness (QED) is 0.362. The summed E-state index contributed by atoms with van der Waals surface area (Å²) in [6.07, 6.45) is 3.93. The number of halogens is 1. The number of hydrogen-bond acceptors (Lipinski definition) is 4. The van der Waals surface area contributed by atoms with Crippen molar-refractivity contribution in [2.24, 2.45) is 11.8 Å². The lowest BCUT2D eigenvalue weighted by Gasteiger charge is -2.36. The molecule has 0 saturated carbocycles. The number of nitrogens with one attached hydrogen (secondary N) is 1. The van der Waals surface area contributed by atoms with Gasteiger partial charge in [0.25, 0.3) is 0 Å². The lowest BCUT2D eigenvalue weighted by molar-refractivity contribution is -0.126. The largest absolute Gasteiger partial charge is 0.351 e. The molecule has 3 aliphatic rings. The number of fused-ring (bicyclic) bond motifs is 6. The van der Waals surface area contributed by atoms with Crippen molar-refractivity contribution in [2.45, 2.75) is 12.1 Å². The highest BCUT2D eigenvalue weighted by atomic mass is 35.5. The molecule has 2 saturated heterocycles. The molecule has 38 heavy (non-hydrogen) atoms. The Hall–Kier alpha value is -4.42. The van der Waals surface area contributed by atoms with Crippen molar-refractivity contribution in [3.63, 3.8) is 0 Å². The first-order valence-electron chi connectivity index (χ1n) is 12.5. The Bertz CT molecular complexity index is 1660. The number of carbonyl (C=O) groups excluding carboxylic acids is 3. The zero-order chi connectivity index (χ0) is 26.0. The summed E-state index contributed by atoms with van der Waals surface area (Å²) in [5, 5.41) is 5.28. The predicted molar refractivity (Wildman–Crippen MR) is 149 cm³/mol. The molecular formula is C31H22ClN3O3. The maximum atomic E-state index is 14.2. The fourth-order valence-electron chi connectivity index (χ4n) is 6.20. The summed E-state index contributed by atoms with van der Waals surface area (Å²) < 4.78 is 0. The van der Waals surface area contributed by atoms with Gasteiger partial charge in [-0.1, -0.05) is 78.4 Å². The number of anilines is 3. The van der Waals surface area contributed by atoms with E-state index in [0.717, 1.165) is 22.0 Å². The molecule has 3 heterocycles. The minimum Gasteiger partial charge on any atom is -0.351 e. The average molecular weight is 520 g/mol. The molecule has 4 atom stereocenters. The van der Waals surface area contributed by atoms with Crippen LogP contribution in [-0.2, 0) is 14.4 Å². The van der Waals surface area contributed by atoms with Gasteiger partial charge in [-0.2, -0.15) is 0 Å². The SMILES string of the molecule is O=C(Nc1ccc(Cl)cc1)[C@@H]1[C@@H]2C(=O)N(c3cccc4ccccc34)C(=O)[C@H]2[C@@H]2C=Cc3ccccc3N12. The van der Waals surface area contributed by atoms with Gasteiger partial charge in [0.05, 0.1) is 23.6 Å². The second-order valence-corrected chi connectivity index (χ2v) is 10.3. The van der Waals surface area contributed by atoms with Gasteiger partial charge in [0.1, 0.15) is 6.04 Å². The molecule has 3 aliphatic heterocycles. The maximum absolute atomic E-state index is 14.2. The van der Waals surface area contributed by atoms with Crippen LogP contribution in [0.15, 0.2) is 97.1 Å². The first-order valence-corrected chi connectivity index (χ1v) is 12.9. The molecule has 7 heteroatoms. The molecule has 3 amide bonds. The molecule has 6 nitrogen and oxygen atoms in total. The molecule has 1 N–H and O–H groups in total. The van der Waals surface area contributed by atoms with E-state index in [2.05, 4.69) is 5.32 Å². The van der Waals surface area contributed by atoms with E-state index in [4.69, 9.17) is 11.6 Å². The first-order chi connectivity index (χ1) is 18.5. The lowest BCUT2D eigenvalue weighted by Crippen LogP contribution is -2.50. The second-order valence-electron chi connectivity index (χ2n) is 9.82. The molecule has 4 aromatic rings. The smallest absolute Gasteiger partial charge is 0.247 e. The normalized spacial score (nSPS) is 23.4. The molecule has 0 aromatic heterocycles. The molecule has 0 unspecified atom stereocenters. The summed E-state index contributed by atoms with van der Waals surface area (Å²) in [4.78, 5) is 45.4. The van der Waals surface area contributed by atoms with Gasteiger partial charge in [0.2, 0.25) is 17.7 Å². The number of nitrogens with zero attached hydrogens (tertiary/aromatic N) is 2. The van der Waals surface area contributed by atoms with Crippen LogP contribution in [0.25, 0.3) is 16.8 Å². The molecule has 186 valence electrons. The molecule has 4 aromatic carbocycles. The Morgan fingerprint density at radius 1 is 0.763 bits per heavy atom. The van der Waals surface area contributed by atoms with Crippen molar-refractivity contribution >= 4 is 63.2 Å². The summed E-state index contributed by atoms with van der Waals surface area (Å²) in [5.74, 6) is -2.50. The van der Waals surface area contributed by atoms with Gasteiger partial charge in [-0.3, -0.25) is 14.4 Å². The Morgan fingerprint density at radius 3 is 2.29 bits per heavy atom. The number of hydrogen-bond donors (Lipinski definition) is 1. The van der Waals surface area contributed by atoms with E-state index >= 15 is 0 Å². The van der Waals surface area contributed by atoms with Gasteiger partial charge < -0.3 is 10.2 Å². The standard InChI is InChI=1S/C31H22ClN3O3/c32-20-13-15-21(16-14-20)33-29(36)28-27-26(25-17-12-19-7-2-4-10-23(19)34(25)28)30(37)35(31(27)38)24-11-5-8-18-6-1-3-9-22(18)24/h1-17,25-28H,(H,33,36)/t25-,26-,27+,28-/m0/s1. The number of imide groups is 1. The average Bonchev–Trinajstić information content (AvgIpc) is 3.42. The second kappa shape index (κ2) is 8.57. The summed E-state index contributed by atoms with van der Waals surface area (Å²) in [5.41, 5.74) is 2.90. The molecule has 2 fully saturated rings. The third-order valence-electron chi connectivity index (χ3n) is 7.80. The van der Waals surface area contributed by atoms with Crippen LogP contribution in [0.2, 0.25) is 5.02 Å². The van der Waals surface area contributed by atoms with Crippen molar-refractivity contribution in [1.29, 1.82) is 0 Å². The van der Waals surface area contributed by atoms with Gasteiger partial charge in [-0.25, -0.2) is 4.90 Å².